The first-order valence-electron chi connectivity index (χ1n) is 1.08. The molecule has 0 spiro atoms. The van der Waals surface area contributed by atoms with Gasteiger partial charge in [-0.05, 0) is 0 Å². The van der Waals surface area contributed by atoms with Gasteiger partial charge in [-0.3, -0.25) is 0 Å². The van der Waals surface area contributed by atoms with E-state index in [9.17, 15) is 0 Å². The Bertz CT molecular complexity index is 63.4. The summed E-state index contributed by atoms with van der Waals surface area (Å²) in [5.74, 6) is 0. The predicted octanol–water partition coefficient (Wildman–Crippen LogP) is -1.07. The van der Waals surface area contributed by atoms with Crippen molar-refractivity contribution in [2.45, 2.75) is 0 Å². The van der Waals surface area contributed by atoms with Gasteiger partial charge in [-0.15, -0.1) is 0 Å². The molecule has 0 fully saturated rings. The zero-order chi connectivity index (χ0) is 3.54. The van der Waals surface area contributed by atoms with Gasteiger partial charge in [0.25, 0.3) is 0 Å². The summed E-state index contributed by atoms with van der Waals surface area (Å²) in [7, 11) is 0. The van der Waals surface area contributed by atoms with E-state index in [1.54, 1.807) is 5.07 Å². The molecule has 4 heteroatoms. The molecule has 0 aliphatic heterocycles. The van der Waals surface area contributed by atoms with Gasteiger partial charge in [-0.2, -0.15) is 0 Å². The topological polar surface area (TPSA) is 38.7 Å². The van der Waals surface area contributed by atoms with Gasteiger partial charge < -0.3 is 0 Å². The van der Waals surface area contributed by atoms with Gasteiger partial charge in [0.2, 0.25) is 0 Å². The molecule has 26 valence electrons. The van der Waals surface area contributed by atoms with Crippen molar-refractivity contribution >= 4 is 14.7 Å². The van der Waals surface area contributed by atoms with Gasteiger partial charge in [0, 0.05) is 0 Å². The fraction of sp³-hybridized carbons (Fsp3) is 0. The Kier molecular flexibility index (Phi) is 0.771. The maximum atomic E-state index is 3.55. The van der Waals surface area contributed by atoms with E-state index in [1.165, 1.54) is 0 Å². The second-order valence-corrected chi connectivity index (χ2v) is 1.72. The van der Waals surface area contributed by atoms with Crippen LogP contribution in [-0.4, -0.2) is 29.1 Å². The molecule has 0 N–H and O–H groups in total. The van der Waals surface area contributed by atoms with Crippen LogP contribution >= 0.6 is 0 Å². The minimum absolute atomic E-state index is 0.236. The van der Waals surface area contributed by atoms with E-state index < -0.39 is 0 Å². The van der Waals surface area contributed by atoms with Crippen molar-refractivity contribution in [2.24, 2.45) is 0 Å². The molecule has 3 nitrogen and oxygen atoms in total. The third-order valence-electron chi connectivity index (χ3n) is 0.230. The first-order valence-corrected chi connectivity index (χ1v) is 2.83. The van der Waals surface area contributed by atoms with Gasteiger partial charge in [0.05, 0.1) is 0 Å². The summed E-state index contributed by atoms with van der Waals surface area (Å²) in [5.41, 5.74) is 0. The first kappa shape index (κ1) is 3.00. The average Bonchev–Trinajstić information content (AvgIpc) is 1.76. The van der Waals surface area contributed by atoms with Crippen LogP contribution in [0.2, 0.25) is 0 Å². The van der Waals surface area contributed by atoms with Crippen LogP contribution in [0.15, 0.2) is 5.07 Å². The molecule has 0 saturated heterocycles. The average molecular weight is 134 g/mol. The monoisotopic (exact) mass is 135 g/mol. The van der Waals surface area contributed by atoms with Crippen LogP contribution in [0.3, 0.4) is 0 Å². The minimum atomic E-state index is 0.236. The molecule has 1 rings (SSSR count). The number of nitrogens with zero attached hydrogens (tertiary/aromatic N) is 3. The van der Waals surface area contributed by atoms with Gasteiger partial charge in [0.1, 0.15) is 0 Å². The molecule has 1 aromatic heterocycles. The van der Waals surface area contributed by atoms with Crippen molar-refractivity contribution in [1.29, 1.82) is 0 Å². The Hall–Kier alpha value is -0.211. The molecular formula is CHN3Se. The fourth-order valence-electron chi connectivity index (χ4n) is 0.105. The Morgan fingerprint density at radius 3 is 2.80 bits per heavy atom. The van der Waals surface area contributed by atoms with Crippen LogP contribution in [0, 0.1) is 0 Å². The van der Waals surface area contributed by atoms with Crippen LogP contribution in [0.5, 0.6) is 0 Å². The molecule has 0 aliphatic rings. The molecule has 0 amide bonds. The molecule has 0 radical (unpaired) electrons. The number of hydrogen-bond acceptors (Lipinski definition) is 3. The van der Waals surface area contributed by atoms with E-state index >= 15 is 0 Å². The number of aromatic nitrogens is 3. The second-order valence-electron chi connectivity index (χ2n) is 0.497. The van der Waals surface area contributed by atoms with Gasteiger partial charge in [-0.1, -0.05) is 0 Å². The summed E-state index contributed by atoms with van der Waals surface area (Å²) in [6.07, 6.45) is 0. The molecule has 0 saturated carbocycles. The summed E-state index contributed by atoms with van der Waals surface area (Å²) >= 11 is 0.236. The van der Waals surface area contributed by atoms with Crippen molar-refractivity contribution in [3.05, 3.63) is 5.07 Å². The molecular weight excluding hydrogens is 133 g/mol. The van der Waals surface area contributed by atoms with E-state index in [1.807, 2.05) is 0 Å². The van der Waals surface area contributed by atoms with Crippen molar-refractivity contribution in [1.82, 2.24) is 14.4 Å². The normalized spacial score (nSPS) is 8.00. The molecule has 0 aliphatic carbocycles. The SMILES string of the molecule is c1nnn[se]1. The first-order chi connectivity index (χ1) is 2.50. The third-order valence-corrected chi connectivity index (χ3v) is 0.976. The van der Waals surface area contributed by atoms with E-state index in [0.29, 0.717) is 0 Å². The Balaban J connectivity index is 3.13. The standard InChI is InChI=1S/CHN3Se/c1-2-3-4-5-1/h1H. The van der Waals surface area contributed by atoms with Gasteiger partial charge in [-0.25, -0.2) is 0 Å². The quantitative estimate of drug-likeness (QED) is 0.424. The molecule has 0 bridgehead atoms. The molecule has 1 aromatic rings. The summed E-state index contributed by atoms with van der Waals surface area (Å²) in [6.45, 7) is 0. The summed E-state index contributed by atoms with van der Waals surface area (Å²) < 4.78 is 3.55. The maximum absolute atomic E-state index is 3.55. The van der Waals surface area contributed by atoms with Crippen molar-refractivity contribution < 1.29 is 0 Å². The molecule has 0 aromatic carbocycles. The van der Waals surface area contributed by atoms with Crippen molar-refractivity contribution in [2.75, 3.05) is 0 Å². The van der Waals surface area contributed by atoms with Crippen LogP contribution in [-0.2, 0) is 0 Å². The fourth-order valence-corrected chi connectivity index (χ4v) is 0.548. The van der Waals surface area contributed by atoms with Crippen LogP contribution in [0.25, 0.3) is 0 Å². The predicted molar refractivity (Wildman–Crippen MR) is 16.8 cm³/mol. The van der Waals surface area contributed by atoms with Crippen molar-refractivity contribution in [3.63, 3.8) is 0 Å². The number of hydrogen-bond donors (Lipinski definition) is 0. The summed E-state index contributed by atoms with van der Waals surface area (Å²) in [5, 5.41) is 8.47. The molecule has 1 heterocycles. The number of rotatable bonds is 0. The van der Waals surface area contributed by atoms with E-state index in [-0.39, 0.29) is 14.7 Å². The zero-order valence-electron chi connectivity index (χ0n) is 2.33. The summed E-state index contributed by atoms with van der Waals surface area (Å²) in [4.78, 5) is 0. The molecule has 5 heavy (non-hydrogen) atoms. The van der Waals surface area contributed by atoms with Crippen LogP contribution < -0.4 is 0 Å². The summed E-state index contributed by atoms with van der Waals surface area (Å²) in [6, 6.07) is 0. The van der Waals surface area contributed by atoms with Gasteiger partial charge >= 0.3 is 34.2 Å². The molecule has 0 atom stereocenters. The van der Waals surface area contributed by atoms with Gasteiger partial charge in [0.15, 0.2) is 0 Å². The Morgan fingerprint density at radius 1 is 1.60 bits per heavy atom. The van der Waals surface area contributed by atoms with E-state index in [4.69, 9.17) is 0 Å². The van der Waals surface area contributed by atoms with Crippen LogP contribution in [0.4, 0.5) is 0 Å². The molecule has 0 unspecified atom stereocenters. The van der Waals surface area contributed by atoms with E-state index in [2.05, 4.69) is 14.4 Å². The van der Waals surface area contributed by atoms with Crippen molar-refractivity contribution in [3.8, 4) is 0 Å². The third kappa shape index (κ3) is 0.529. The Labute approximate surface area is 35.0 Å². The Morgan fingerprint density at radius 2 is 2.60 bits per heavy atom. The second kappa shape index (κ2) is 1.29. The van der Waals surface area contributed by atoms with Crippen LogP contribution in [0.1, 0.15) is 0 Å². The van der Waals surface area contributed by atoms with E-state index in [0.717, 1.165) is 0 Å². The zero-order valence-corrected chi connectivity index (χ0v) is 4.04.